The molecule has 0 radical (unpaired) electrons. The summed E-state index contributed by atoms with van der Waals surface area (Å²) in [4.78, 5) is 33.2. The molecule has 1 atom stereocenters. The number of carboxylic acid groups (broad SMARTS) is 1. The maximum absolute atomic E-state index is 11.9. The van der Waals surface area contributed by atoms with Crippen LogP contribution in [-0.2, 0) is 16.0 Å². The van der Waals surface area contributed by atoms with E-state index in [1.807, 2.05) is 6.92 Å². The molecule has 21 heavy (non-hydrogen) atoms. The number of nitrogens with zero attached hydrogens (tertiary/aromatic N) is 1. The zero-order valence-corrected chi connectivity index (χ0v) is 11.7. The van der Waals surface area contributed by atoms with E-state index in [0.717, 1.165) is 6.42 Å². The minimum absolute atomic E-state index is 0.145. The van der Waals surface area contributed by atoms with Crippen LogP contribution in [0.25, 0.3) is 0 Å². The number of unbranched alkanes of at least 4 members (excludes halogenated alkanes) is 1. The molecule has 1 aromatic rings. The van der Waals surface area contributed by atoms with Gasteiger partial charge in [0.2, 0.25) is 5.91 Å². The van der Waals surface area contributed by atoms with E-state index < -0.39 is 22.8 Å². The number of para-hydroxylation sites is 1. The second kappa shape index (κ2) is 7.98. The van der Waals surface area contributed by atoms with Crippen LogP contribution >= 0.6 is 0 Å². The van der Waals surface area contributed by atoms with Gasteiger partial charge in [-0.05, 0) is 6.42 Å². The number of rotatable bonds is 8. The van der Waals surface area contributed by atoms with Crippen molar-refractivity contribution < 1.29 is 19.6 Å². The van der Waals surface area contributed by atoms with Crippen LogP contribution in [0.5, 0.6) is 0 Å². The molecular weight excluding hydrogens is 276 g/mol. The number of aliphatic carboxylic acids is 1. The number of benzene rings is 1. The number of carbonyl (C=O) groups excluding carboxylic acids is 1. The van der Waals surface area contributed by atoms with Gasteiger partial charge in [0, 0.05) is 11.6 Å². The largest absolute Gasteiger partial charge is 0.480 e. The quantitative estimate of drug-likeness (QED) is 0.562. The molecule has 0 heterocycles. The number of amides is 1. The van der Waals surface area contributed by atoms with Gasteiger partial charge in [-0.25, -0.2) is 4.79 Å². The second-order valence-corrected chi connectivity index (χ2v) is 4.66. The van der Waals surface area contributed by atoms with Crippen molar-refractivity contribution in [3.63, 3.8) is 0 Å². The van der Waals surface area contributed by atoms with Crippen molar-refractivity contribution in [2.24, 2.45) is 0 Å². The van der Waals surface area contributed by atoms with E-state index >= 15 is 0 Å². The van der Waals surface area contributed by atoms with E-state index in [0.29, 0.717) is 12.8 Å². The molecule has 1 amide bonds. The molecule has 0 aromatic heterocycles. The van der Waals surface area contributed by atoms with E-state index in [9.17, 15) is 19.7 Å². The average Bonchev–Trinajstić information content (AvgIpc) is 2.43. The highest BCUT2D eigenvalue weighted by Crippen LogP contribution is 2.18. The summed E-state index contributed by atoms with van der Waals surface area (Å²) in [7, 11) is 0. The number of nitro benzene ring substituents is 1. The predicted octanol–water partition coefficient (Wildman–Crippen LogP) is 1.90. The molecule has 1 rings (SSSR count). The summed E-state index contributed by atoms with van der Waals surface area (Å²) >= 11 is 0. The third-order valence-corrected chi connectivity index (χ3v) is 3.02. The summed E-state index contributed by atoms with van der Waals surface area (Å²) in [6.07, 6.45) is 1.63. The van der Waals surface area contributed by atoms with E-state index in [1.165, 1.54) is 18.2 Å². The summed E-state index contributed by atoms with van der Waals surface area (Å²) in [5, 5.41) is 22.3. The minimum atomic E-state index is -1.10. The maximum atomic E-state index is 11.9. The summed E-state index contributed by atoms with van der Waals surface area (Å²) < 4.78 is 0. The Balaban J connectivity index is 2.72. The lowest BCUT2D eigenvalue weighted by Gasteiger charge is -2.14. The van der Waals surface area contributed by atoms with Crippen LogP contribution < -0.4 is 5.32 Å². The molecule has 1 aromatic carbocycles. The minimum Gasteiger partial charge on any atom is -0.480 e. The Bertz CT molecular complexity index is 530. The third-order valence-electron chi connectivity index (χ3n) is 3.02. The van der Waals surface area contributed by atoms with E-state index in [2.05, 4.69) is 5.32 Å². The number of nitro groups is 1. The van der Waals surface area contributed by atoms with Crippen LogP contribution in [0, 0.1) is 10.1 Å². The number of carboxylic acids is 1. The number of hydrogen-bond acceptors (Lipinski definition) is 4. The molecule has 7 heteroatoms. The molecule has 0 fully saturated rings. The van der Waals surface area contributed by atoms with Gasteiger partial charge in [0.25, 0.3) is 5.69 Å². The predicted molar refractivity (Wildman–Crippen MR) is 75.9 cm³/mol. The zero-order chi connectivity index (χ0) is 15.8. The highest BCUT2D eigenvalue weighted by atomic mass is 16.6. The first-order valence-corrected chi connectivity index (χ1v) is 6.70. The van der Waals surface area contributed by atoms with Crippen molar-refractivity contribution in [3.05, 3.63) is 39.9 Å². The fourth-order valence-corrected chi connectivity index (χ4v) is 1.92. The summed E-state index contributed by atoms with van der Waals surface area (Å²) in [5.74, 6) is -1.63. The molecule has 0 bridgehead atoms. The molecule has 2 N–H and O–H groups in total. The highest BCUT2D eigenvalue weighted by Gasteiger charge is 2.21. The average molecular weight is 294 g/mol. The summed E-state index contributed by atoms with van der Waals surface area (Å²) in [6.45, 7) is 1.92. The van der Waals surface area contributed by atoms with E-state index in [1.54, 1.807) is 6.07 Å². The van der Waals surface area contributed by atoms with Crippen LogP contribution in [0.3, 0.4) is 0 Å². The van der Waals surface area contributed by atoms with E-state index in [-0.39, 0.29) is 17.7 Å². The Morgan fingerprint density at radius 3 is 2.62 bits per heavy atom. The molecule has 0 saturated heterocycles. The molecule has 0 spiro atoms. The van der Waals surface area contributed by atoms with Gasteiger partial charge >= 0.3 is 5.97 Å². The molecule has 114 valence electrons. The van der Waals surface area contributed by atoms with Crippen molar-refractivity contribution in [1.29, 1.82) is 0 Å². The maximum Gasteiger partial charge on any atom is 0.326 e. The fraction of sp³-hybridized carbons (Fsp3) is 0.429. The van der Waals surface area contributed by atoms with Gasteiger partial charge in [0.1, 0.15) is 6.04 Å². The first-order chi connectivity index (χ1) is 9.95. The lowest BCUT2D eigenvalue weighted by atomic mass is 10.1. The van der Waals surface area contributed by atoms with Gasteiger partial charge in [0.05, 0.1) is 11.3 Å². The van der Waals surface area contributed by atoms with Gasteiger partial charge in [-0.15, -0.1) is 0 Å². The monoisotopic (exact) mass is 294 g/mol. The number of carbonyl (C=O) groups is 2. The molecule has 7 nitrogen and oxygen atoms in total. The lowest BCUT2D eigenvalue weighted by Crippen LogP contribution is -2.41. The van der Waals surface area contributed by atoms with Gasteiger partial charge in [-0.3, -0.25) is 14.9 Å². The zero-order valence-electron chi connectivity index (χ0n) is 11.7. The van der Waals surface area contributed by atoms with Crippen LogP contribution in [0.2, 0.25) is 0 Å². The Labute approximate surface area is 122 Å². The molecular formula is C14H18N2O5. The third kappa shape index (κ3) is 5.21. The van der Waals surface area contributed by atoms with Crippen LogP contribution in [-0.4, -0.2) is 27.9 Å². The Hall–Kier alpha value is -2.44. The fourth-order valence-electron chi connectivity index (χ4n) is 1.92. The smallest absolute Gasteiger partial charge is 0.326 e. The molecule has 0 aliphatic rings. The van der Waals surface area contributed by atoms with E-state index in [4.69, 9.17) is 5.11 Å². The normalized spacial score (nSPS) is 11.7. The van der Waals surface area contributed by atoms with Crippen LogP contribution in [0.15, 0.2) is 24.3 Å². The van der Waals surface area contributed by atoms with Gasteiger partial charge in [-0.2, -0.15) is 0 Å². The Kier molecular flexibility index (Phi) is 6.32. The van der Waals surface area contributed by atoms with Crippen molar-refractivity contribution in [2.45, 2.75) is 38.6 Å². The molecule has 0 aliphatic heterocycles. The number of hydrogen-bond donors (Lipinski definition) is 2. The summed E-state index contributed by atoms with van der Waals surface area (Å²) in [5.41, 5.74) is 0.118. The Morgan fingerprint density at radius 2 is 2.05 bits per heavy atom. The van der Waals surface area contributed by atoms with Crippen molar-refractivity contribution in [3.8, 4) is 0 Å². The van der Waals surface area contributed by atoms with Crippen molar-refractivity contribution in [1.82, 2.24) is 5.32 Å². The van der Waals surface area contributed by atoms with Gasteiger partial charge < -0.3 is 10.4 Å². The first-order valence-electron chi connectivity index (χ1n) is 6.70. The van der Waals surface area contributed by atoms with Gasteiger partial charge in [0.15, 0.2) is 0 Å². The second-order valence-electron chi connectivity index (χ2n) is 4.66. The van der Waals surface area contributed by atoms with Gasteiger partial charge in [-0.1, -0.05) is 38.0 Å². The van der Waals surface area contributed by atoms with Crippen LogP contribution in [0.1, 0.15) is 31.7 Å². The van der Waals surface area contributed by atoms with Crippen molar-refractivity contribution >= 4 is 17.6 Å². The topological polar surface area (TPSA) is 110 Å². The first kappa shape index (κ1) is 16.6. The highest BCUT2D eigenvalue weighted by molar-refractivity contribution is 5.85. The molecule has 0 saturated carbocycles. The van der Waals surface area contributed by atoms with Crippen LogP contribution in [0.4, 0.5) is 5.69 Å². The Morgan fingerprint density at radius 1 is 1.38 bits per heavy atom. The number of nitrogens with one attached hydrogen (secondary N) is 1. The summed E-state index contributed by atoms with van der Waals surface area (Å²) in [6, 6.07) is 4.95. The molecule has 0 unspecified atom stereocenters. The lowest BCUT2D eigenvalue weighted by molar-refractivity contribution is -0.385. The molecule has 0 aliphatic carbocycles. The SMILES string of the molecule is CCCC[C@H](NC(=O)Cc1ccccc1[N+](=O)[O-])C(=O)O. The van der Waals surface area contributed by atoms with Crippen molar-refractivity contribution in [2.75, 3.05) is 0 Å². The standard InChI is InChI=1S/C14H18N2O5/c1-2-3-7-11(14(18)19)15-13(17)9-10-6-4-5-8-12(10)16(20)21/h4-6,8,11H,2-3,7,9H2,1H3,(H,15,17)(H,18,19)/t11-/m0/s1.